The van der Waals surface area contributed by atoms with Gasteiger partial charge in [-0.1, -0.05) is 36.4 Å². The number of ketones is 1. The van der Waals surface area contributed by atoms with Crippen LogP contribution in [0.25, 0.3) is 16.5 Å². The zero-order valence-electron chi connectivity index (χ0n) is 17.5. The summed E-state index contributed by atoms with van der Waals surface area (Å²) in [7, 11) is 0. The van der Waals surface area contributed by atoms with E-state index in [1.807, 2.05) is 42.5 Å². The minimum Gasteiger partial charge on any atom is -0.507 e. The summed E-state index contributed by atoms with van der Waals surface area (Å²) in [5, 5.41) is 13.0. The summed E-state index contributed by atoms with van der Waals surface area (Å²) >= 11 is 0. The molecule has 6 nitrogen and oxygen atoms in total. The molecule has 2 aliphatic heterocycles. The van der Waals surface area contributed by atoms with Crippen molar-refractivity contribution in [1.29, 1.82) is 0 Å². The predicted molar refractivity (Wildman–Crippen MR) is 123 cm³/mol. The largest absolute Gasteiger partial charge is 0.507 e. The van der Waals surface area contributed by atoms with Crippen molar-refractivity contribution in [2.24, 2.45) is 0 Å². The maximum Gasteiger partial charge on any atom is 0.300 e. The Hall–Kier alpha value is -4.32. The predicted octanol–water partition coefficient (Wildman–Crippen LogP) is 4.99. The fourth-order valence-electron chi connectivity index (χ4n) is 4.70. The highest BCUT2D eigenvalue weighted by Crippen LogP contribution is 2.44. The lowest BCUT2D eigenvalue weighted by atomic mass is 9.97. The molecule has 6 rings (SSSR count). The zero-order chi connectivity index (χ0) is 22.5. The SMILES string of the molecule is O=C1C(=O)N(c2cccc3ccccc23)C(c2ccco2)/C1=C(/O)c1ccc2c(c1)CCO2. The van der Waals surface area contributed by atoms with Crippen molar-refractivity contribution >= 4 is 33.9 Å². The summed E-state index contributed by atoms with van der Waals surface area (Å²) in [6.07, 6.45) is 2.22. The van der Waals surface area contributed by atoms with Crippen LogP contribution in [-0.2, 0) is 16.0 Å². The van der Waals surface area contributed by atoms with Gasteiger partial charge < -0.3 is 14.3 Å². The molecular weight excluding hydrogens is 418 g/mol. The molecule has 162 valence electrons. The number of carbonyl (C=O) groups is 2. The van der Waals surface area contributed by atoms with Crippen LogP contribution in [0.4, 0.5) is 5.69 Å². The van der Waals surface area contributed by atoms with E-state index < -0.39 is 17.7 Å². The number of anilines is 1. The second-order valence-electron chi connectivity index (χ2n) is 8.10. The smallest absolute Gasteiger partial charge is 0.300 e. The van der Waals surface area contributed by atoms with Crippen LogP contribution in [0.5, 0.6) is 5.75 Å². The first-order chi connectivity index (χ1) is 16.1. The Morgan fingerprint density at radius 2 is 1.82 bits per heavy atom. The number of hydrogen-bond acceptors (Lipinski definition) is 5. The molecule has 1 amide bonds. The maximum atomic E-state index is 13.4. The molecule has 0 bridgehead atoms. The summed E-state index contributed by atoms with van der Waals surface area (Å²) < 4.78 is 11.2. The van der Waals surface area contributed by atoms with E-state index >= 15 is 0 Å². The minimum absolute atomic E-state index is 0.00162. The Labute approximate surface area is 189 Å². The highest BCUT2D eigenvalue weighted by molar-refractivity contribution is 6.52. The third-order valence-corrected chi connectivity index (χ3v) is 6.25. The monoisotopic (exact) mass is 437 g/mol. The number of carbonyl (C=O) groups excluding carboxylic acids is 2. The van der Waals surface area contributed by atoms with Crippen molar-refractivity contribution in [2.75, 3.05) is 11.5 Å². The van der Waals surface area contributed by atoms with E-state index in [0.29, 0.717) is 23.6 Å². The number of amides is 1. The Morgan fingerprint density at radius 1 is 0.970 bits per heavy atom. The van der Waals surface area contributed by atoms with Crippen LogP contribution in [0.3, 0.4) is 0 Å². The second-order valence-corrected chi connectivity index (χ2v) is 8.10. The fourth-order valence-corrected chi connectivity index (χ4v) is 4.70. The molecule has 3 heterocycles. The number of fused-ring (bicyclic) bond motifs is 2. The van der Waals surface area contributed by atoms with Crippen molar-refractivity contribution < 1.29 is 23.8 Å². The van der Waals surface area contributed by atoms with Crippen LogP contribution >= 0.6 is 0 Å². The topological polar surface area (TPSA) is 80.0 Å². The zero-order valence-corrected chi connectivity index (χ0v) is 17.5. The third kappa shape index (κ3) is 2.95. The van der Waals surface area contributed by atoms with Crippen LogP contribution in [-0.4, -0.2) is 23.4 Å². The van der Waals surface area contributed by atoms with Gasteiger partial charge in [-0.25, -0.2) is 0 Å². The molecule has 2 aliphatic rings. The number of furan rings is 1. The molecule has 4 aromatic rings. The van der Waals surface area contributed by atoms with Gasteiger partial charge in [0.1, 0.15) is 23.3 Å². The lowest BCUT2D eigenvalue weighted by molar-refractivity contribution is -0.132. The van der Waals surface area contributed by atoms with Crippen LogP contribution in [0, 0.1) is 0 Å². The first-order valence-electron chi connectivity index (χ1n) is 10.7. The summed E-state index contributed by atoms with van der Waals surface area (Å²) in [5.41, 5.74) is 2.00. The molecule has 1 atom stereocenters. The summed E-state index contributed by atoms with van der Waals surface area (Å²) in [4.78, 5) is 28.1. The van der Waals surface area contributed by atoms with Gasteiger partial charge in [0.05, 0.1) is 24.1 Å². The van der Waals surface area contributed by atoms with Crippen molar-refractivity contribution in [3.8, 4) is 5.75 Å². The van der Waals surface area contributed by atoms with Gasteiger partial charge in [0.15, 0.2) is 0 Å². The number of aliphatic hydroxyl groups excluding tert-OH is 1. The highest BCUT2D eigenvalue weighted by atomic mass is 16.5. The first-order valence-corrected chi connectivity index (χ1v) is 10.7. The van der Waals surface area contributed by atoms with E-state index in [4.69, 9.17) is 9.15 Å². The van der Waals surface area contributed by atoms with E-state index in [2.05, 4.69) is 0 Å². The lowest BCUT2D eigenvalue weighted by Gasteiger charge is -2.24. The van der Waals surface area contributed by atoms with Gasteiger partial charge in [0.25, 0.3) is 11.7 Å². The van der Waals surface area contributed by atoms with Crippen LogP contribution in [0.15, 0.2) is 89.0 Å². The van der Waals surface area contributed by atoms with Gasteiger partial charge in [0, 0.05) is 17.4 Å². The average Bonchev–Trinajstić information content (AvgIpc) is 3.58. The van der Waals surface area contributed by atoms with Crippen molar-refractivity contribution in [1.82, 2.24) is 0 Å². The van der Waals surface area contributed by atoms with Crippen molar-refractivity contribution in [3.63, 3.8) is 0 Å². The van der Waals surface area contributed by atoms with Gasteiger partial charge in [-0.3, -0.25) is 14.5 Å². The number of aliphatic hydroxyl groups is 1. The van der Waals surface area contributed by atoms with E-state index in [1.165, 1.54) is 11.2 Å². The molecule has 6 heteroatoms. The molecule has 0 radical (unpaired) electrons. The number of benzene rings is 3. The van der Waals surface area contributed by atoms with Gasteiger partial charge in [-0.2, -0.15) is 0 Å². The molecule has 1 N–H and O–H groups in total. The number of ether oxygens (including phenoxy) is 1. The summed E-state index contributed by atoms with van der Waals surface area (Å²) in [5.74, 6) is -0.525. The number of nitrogens with zero attached hydrogens (tertiary/aromatic N) is 1. The molecule has 0 saturated carbocycles. The molecule has 3 aromatic carbocycles. The molecule has 0 aliphatic carbocycles. The van der Waals surface area contributed by atoms with Gasteiger partial charge in [-0.15, -0.1) is 0 Å². The fraction of sp³-hybridized carbons (Fsp3) is 0.111. The highest BCUT2D eigenvalue weighted by Gasteiger charge is 2.48. The summed E-state index contributed by atoms with van der Waals surface area (Å²) in [6, 6.07) is 21.1. The van der Waals surface area contributed by atoms with Crippen LogP contribution in [0.2, 0.25) is 0 Å². The normalized spacial score (nSPS) is 19.2. The van der Waals surface area contributed by atoms with E-state index in [9.17, 15) is 14.7 Å². The minimum atomic E-state index is -0.893. The van der Waals surface area contributed by atoms with Crippen LogP contribution in [0.1, 0.15) is 22.9 Å². The standard InChI is InChI=1S/C27H19NO5/c29-25(18-10-11-21-17(15-18)12-14-33-21)23-24(22-9-4-13-32-22)28(27(31)26(23)30)20-8-3-6-16-5-1-2-7-19(16)20/h1-11,13,15,24,29H,12,14H2/b25-23-. The Balaban J connectivity index is 1.57. The average molecular weight is 437 g/mol. The Kier molecular flexibility index (Phi) is 4.33. The molecule has 1 unspecified atom stereocenters. The van der Waals surface area contributed by atoms with Gasteiger partial charge in [-0.05, 0) is 47.3 Å². The van der Waals surface area contributed by atoms with E-state index in [0.717, 1.165) is 28.5 Å². The second kappa shape index (κ2) is 7.38. The number of hydrogen-bond donors (Lipinski definition) is 1. The molecule has 33 heavy (non-hydrogen) atoms. The van der Waals surface area contributed by atoms with E-state index in [-0.39, 0.29) is 11.3 Å². The molecule has 0 spiro atoms. The quantitative estimate of drug-likeness (QED) is 0.277. The van der Waals surface area contributed by atoms with Gasteiger partial charge >= 0.3 is 0 Å². The lowest BCUT2D eigenvalue weighted by Crippen LogP contribution is -2.29. The number of rotatable bonds is 3. The van der Waals surface area contributed by atoms with E-state index in [1.54, 1.807) is 30.3 Å². The number of Topliss-reactive ketones (excluding diaryl/α,β-unsaturated/α-hetero) is 1. The third-order valence-electron chi connectivity index (χ3n) is 6.25. The molecule has 1 fully saturated rings. The Morgan fingerprint density at radius 3 is 2.67 bits per heavy atom. The van der Waals surface area contributed by atoms with Gasteiger partial charge in [0.2, 0.25) is 0 Å². The van der Waals surface area contributed by atoms with Crippen LogP contribution < -0.4 is 9.64 Å². The molecule has 1 saturated heterocycles. The Bertz CT molecular complexity index is 1450. The van der Waals surface area contributed by atoms with Crippen molar-refractivity contribution in [3.05, 3.63) is 102 Å². The van der Waals surface area contributed by atoms with Crippen molar-refractivity contribution in [2.45, 2.75) is 12.5 Å². The summed E-state index contributed by atoms with van der Waals surface area (Å²) in [6.45, 7) is 0.581. The molecular formula is C27H19NO5. The first kappa shape index (κ1) is 19.4. The maximum absolute atomic E-state index is 13.4. The molecule has 1 aromatic heterocycles.